The number of carbonyl (C=O) groups is 1. The number of rotatable bonds is 7. The fraction of sp³-hybridized carbons (Fsp3) is 0.0870. The molecule has 1 N–H and O–H groups in total. The molecular weight excluding hydrogens is 410 g/mol. The molecule has 0 aliphatic carbocycles. The van der Waals surface area contributed by atoms with E-state index in [0.29, 0.717) is 11.3 Å². The van der Waals surface area contributed by atoms with Gasteiger partial charge in [-0.1, -0.05) is 49.4 Å². The van der Waals surface area contributed by atoms with Gasteiger partial charge < -0.3 is 4.42 Å². The maximum absolute atomic E-state index is 12.9. The second kappa shape index (κ2) is 9.09. The predicted octanol–water partition coefficient (Wildman–Crippen LogP) is 4.37. The van der Waals surface area contributed by atoms with Gasteiger partial charge in [-0.3, -0.25) is 14.9 Å². The van der Waals surface area contributed by atoms with Crippen LogP contribution in [0, 0.1) is 10.1 Å². The number of aromatic nitrogens is 2. The van der Waals surface area contributed by atoms with Gasteiger partial charge in [0, 0.05) is 11.8 Å². The molecule has 0 radical (unpaired) electrons. The lowest BCUT2D eigenvalue weighted by Gasteiger charge is -2.03. The molecule has 0 spiro atoms. The number of nitrogens with zero attached hydrogens (tertiary/aromatic N) is 4. The molecular formula is C23H19N5O4. The summed E-state index contributed by atoms with van der Waals surface area (Å²) in [7, 11) is 0. The Balaban J connectivity index is 1.62. The molecule has 1 amide bonds. The van der Waals surface area contributed by atoms with Gasteiger partial charge in [0.1, 0.15) is 10.6 Å². The van der Waals surface area contributed by atoms with Gasteiger partial charge in [-0.25, -0.2) is 10.1 Å². The van der Waals surface area contributed by atoms with Crippen LogP contribution < -0.4 is 5.43 Å². The summed E-state index contributed by atoms with van der Waals surface area (Å²) in [5.74, 6) is -0.730. The van der Waals surface area contributed by atoms with Crippen molar-refractivity contribution in [1.82, 2.24) is 15.2 Å². The number of para-hydroxylation sites is 1. The number of furan rings is 1. The third kappa shape index (κ3) is 4.46. The Morgan fingerprint density at radius 1 is 1.16 bits per heavy atom. The average Bonchev–Trinajstić information content (AvgIpc) is 3.48. The Hall–Kier alpha value is -4.53. The van der Waals surface area contributed by atoms with Gasteiger partial charge in [-0.2, -0.15) is 10.2 Å². The zero-order valence-corrected chi connectivity index (χ0v) is 17.1. The molecule has 4 rings (SSSR count). The van der Waals surface area contributed by atoms with Crippen LogP contribution in [0.25, 0.3) is 16.9 Å². The van der Waals surface area contributed by atoms with Crippen molar-refractivity contribution in [2.45, 2.75) is 13.3 Å². The van der Waals surface area contributed by atoms with Crippen LogP contribution in [0.5, 0.6) is 0 Å². The quantitative estimate of drug-likeness (QED) is 0.266. The number of hydrogen-bond donors (Lipinski definition) is 1. The van der Waals surface area contributed by atoms with E-state index in [0.717, 1.165) is 17.7 Å². The Labute approximate surface area is 183 Å². The highest BCUT2D eigenvalue weighted by Gasteiger charge is 2.19. The summed E-state index contributed by atoms with van der Waals surface area (Å²) < 4.78 is 6.63. The molecule has 0 aliphatic rings. The Bertz CT molecular complexity index is 1270. The summed E-state index contributed by atoms with van der Waals surface area (Å²) >= 11 is 0. The number of carbonyl (C=O) groups excluding carboxylic acids is 1. The number of benzene rings is 2. The van der Waals surface area contributed by atoms with E-state index >= 15 is 0 Å². The van der Waals surface area contributed by atoms with E-state index in [1.165, 1.54) is 23.9 Å². The van der Waals surface area contributed by atoms with Crippen LogP contribution in [0.2, 0.25) is 0 Å². The fourth-order valence-corrected chi connectivity index (χ4v) is 3.09. The molecule has 0 saturated carbocycles. The summed E-state index contributed by atoms with van der Waals surface area (Å²) in [5, 5.41) is 19.2. The van der Waals surface area contributed by atoms with Crippen LogP contribution in [0.4, 0.5) is 5.88 Å². The van der Waals surface area contributed by atoms with E-state index in [2.05, 4.69) is 22.5 Å². The first-order chi connectivity index (χ1) is 15.5. The molecule has 2 aromatic carbocycles. The molecule has 9 heteroatoms. The van der Waals surface area contributed by atoms with E-state index in [-0.39, 0.29) is 5.76 Å². The maximum Gasteiger partial charge on any atom is 0.433 e. The molecule has 32 heavy (non-hydrogen) atoms. The minimum atomic E-state index is -0.649. The highest BCUT2D eigenvalue weighted by Crippen LogP contribution is 2.24. The summed E-state index contributed by atoms with van der Waals surface area (Å²) in [6.45, 7) is 2.07. The molecule has 9 nitrogen and oxygen atoms in total. The van der Waals surface area contributed by atoms with E-state index in [4.69, 9.17) is 4.42 Å². The molecule has 0 aliphatic heterocycles. The number of hydrogen-bond acceptors (Lipinski definition) is 6. The van der Waals surface area contributed by atoms with Gasteiger partial charge in [0.25, 0.3) is 5.91 Å². The van der Waals surface area contributed by atoms with Crippen molar-refractivity contribution in [2.75, 3.05) is 0 Å². The van der Waals surface area contributed by atoms with Crippen molar-refractivity contribution in [3.63, 3.8) is 0 Å². The second-order valence-corrected chi connectivity index (χ2v) is 6.85. The van der Waals surface area contributed by atoms with Crippen molar-refractivity contribution in [1.29, 1.82) is 0 Å². The van der Waals surface area contributed by atoms with Gasteiger partial charge in [-0.15, -0.1) is 0 Å². The van der Waals surface area contributed by atoms with Crippen molar-refractivity contribution in [3.05, 3.63) is 99.9 Å². The summed E-state index contributed by atoms with van der Waals surface area (Å²) in [5.41, 5.74) is 6.06. The first-order valence-corrected chi connectivity index (χ1v) is 9.87. The molecule has 160 valence electrons. The first kappa shape index (κ1) is 20.7. The smallest absolute Gasteiger partial charge is 0.400 e. The molecule has 2 aromatic heterocycles. The topological polar surface area (TPSA) is 116 Å². The Kier molecular flexibility index (Phi) is 5.89. The van der Waals surface area contributed by atoms with E-state index in [1.54, 1.807) is 10.9 Å². The van der Waals surface area contributed by atoms with Crippen molar-refractivity contribution >= 4 is 18.0 Å². The van der Waals surface area contributed by atoms with Gasteiger partial charge in [-0.05, 0) is 30.2 Å². The molecule has 0 bridgehead atoms. The van der Waals surface area contributed by atoms with Crippen LogP contribution in [-0.4, -0.2) is 26.8 Å². The monoisotopic (exact) mass is 429 g/mol. The van der Waals surface area contributed by atoms with Crippen molar-refractivity contribution in [3.8, 4) is 16.9 Å². The largest absolute Gasteiger partial charge is 0.433 e. The summed E-state index contributed by atoms with van der Waals surface area (Å²) in [4.78, 5) is 22.9. The standard InChI is InChI=1S/C23H19N5O4/c1-2-16-8-10-17(11-9-16)22-20(15-27(26-22)18-6-4-3-5-7-18)23(29)25-24-14-19-12-13-21(32-19)28(30)31/h3-15H,2H2,1H3,(H,25,29)/b24-14+. The third-order valence-electron chi connectivity index (χ3n) is 4.77. The van der Waals surface area contributed by atoms with Crippen LogP contribution >= 0.6 is 0 Å². The first-order valence-electron chi connectivity index (χ1n) is 9.87. The highest BCUT2D eigenvalue weighted by atomic mass is 16.6. The lowest BCUT2D eigenvalue weighted by Crippen LogP contribution is -2.17. The van der Waals surface area contributed by atoms with Crippen LogP contribution in [0.1, 0.15) is 28.6 Å². The Morgan fingerprint density at radius 3 is 2.56 bits per heavy atom. The lowest BCUT2D eigenvalue weighted by atomic mass is 10.0. The minimum absolute atomic E-state index is 0.146. The molecule has 4 aromatic rings. The van der Waals surface area contributed by atoms with Crippen LogP contribution in [0.15, 0.2) is 82.4 Å². The molecule has 0 atom stereocenters. The van der Waals surface area contributed by atoms with E-state index < -0.39 is 16.7 Å². The van der Waals surface area contributed by atoms with Gasteiger partial charge in [0.05, 0.1) is 23.5 Å². The van der Waals surface area contributed by atoms with Crippen LogP contribution in [0.3, 0.4) is 0 Å². The normalized spacial score (nSPS) is 11.0. The van der Waals surface area contributed by atoms with E-state index in [1.807, 2.05) is 54.6 Å². The zero-order valence-electron chi connectivity index (χ0n) is 17.1. The minimum Gasteiger partial charge on any atom is -0.400 e. The average molecular weight is 429 g/mol. The van der Waals surface area contributed by atoms with Gasteiger partial charge >= 0.3 is 5.88 Å². The number of nitrogens with one attached hydrogen (secondary N) is 1. The van der Waals surface area contributed by atoms with Gasteiger partial charge in [0.2, 0.25) is 0 Å². The lowest BCUT2D eigenvalue weighted by molar-refractivity contribution is -0.402. The SMILES string of the molecule is CCc1ccc(-c2nn(-c3ccccc3)cc2C(=O)N/N=C/c2ccc([N+](=O)[O-])o2)cc1. The summed E-state index contributed by atoms with van der Waals surface area (Å²) in [6.07, 6.45) is 3.74. The van der Waals surface area contributed by atoms with Crippen molar-refractivity contribution < 1.29 is 14.1 Å². The maximum atomic E-state index is 12.9. The predicted molar refractivity (Wildman–Crippen MR) is 119 cm³/mol. The summed E-state index contributed by atoms with van der Waals surface area (Å²) in [6, 6.07) is 19.9. The zero-order chi connectivity index (χ0) is 22.5. The number of nitro groups is 1. The number of amides is 1. The molecule has 0 saturated heterocycles. The fourth-order valence-electron chi connectivity index (χ4n) is 3.09. The van der Waals surface area contributed by atoms with Crippen LogP contribution in [-0.2, 0) is 6.42 Å². The number of aryl methyl sites for hydroxylation is 1. The highest BCUT2D eigenvalue weighted by molar-refractivity contribution is 6.00. The molecule has 2 heterocycles. The molecule has 0 unspecified atom stereocenters. The Morgan fingerprint density at radius 2 is 1.91 bits per heavy atom. The second-order valence-electron chi connectivity index (χ2n) is 6.85. The number of hydrazone groups is 1. The third-order valence-corrected chi connectivity index (χ3v) is 4.77. The van der Waals surface area contributed by atoms with Gasteiger partial charge in [0.15, 0.2) is 5.76 Å². The van der Waals surface area contributed by atoms with Crippen molar-refractivity contribution in [2.24, 2.45) is 5.10 Å². The van der Waals surface area contributed by atoms with E-state index in [9.17, 15) is 14.9 Å². The molecule has 0 fully saturated rings.